The molecule has 0 aliphatic heterocycles. The summed E-state index contributed by atoms with van der Waals surface area (Å²) in [7, 11) is 1.77. The first-order chi connectivity index (χ1) is 11.0. The normalized spacial score (nSPS) is 12.0. The van der Waals surface area contributed by atoms with Crippen molar-refractivity contribution >= 4 is 6.03 Å². The van der Waals surface area contributed by atoms with Gasteiger partial charge in [0.05, 0.1) is 19.2 Å². The summed E-state index contributed by atoms with van der Waals surface area (Å²) < 4.78 is 1.58. The van der Waals surface area contributed by atoms with Crippen LogP contribution in [0.2, 0.25) is 0 Å². The van der Waals surface area contributed by atoms with E-state index >= 15 is 0 Å². The zero-order valence-corrected chi connectivity index (χ0v) is 13.7. The van der Waals surface area contributed by atoms with Crippen molar-refractivity contribution in [3.8, 4) is 0 Å². The fourth-order valence-electron chi connectivity index (χ4n) is 2.19. The predicted octanol–water partition coefficient (Wildman–Crippen LogP) is 1.39. The van der Waals surface area contributed by atoms with Crippen molar-refractivity contribution in [2.24, 2.45) is 7.05 Å². The third-order valence-electron chi connectivity index (χ3n) is 3.57. The summed E-state index contributed by atoms with van der Waals surface area (Å²) in [5, 5.41) is 17.2. The molecule has 0 aliphatic carbocycles. The van der Waals surface area contributed by atoms with Crippen LogP contribution in [0.4, 0.5) is 4.79 Å². The fourth-order valence-corrected chi connectivity index (χ4v) is 2.19. The number of hydrogen-bond acceptors (Lipinski definition) is 4. The number of aromatic nitrogens is 3. The van der Waals surface area contributed by atoms with Gasteiger partial charge in [0.15, 0.2) is 5.82 Å². The number of amides is 2. The van der Waals surface area contributed by atoms with Gasteiger partial charge in [-0.05, 0) is 19.4 Å². The molecule has 0 fully saturated rings. The zero-order chi connectivity index (χ0) is 16.8. The van der Waals surface area contributed by atoms with Gasteiger partial charge in [-0.25, -0.2) is 9.78 Å². The Bertz CT molecular complexity index is 638. The highest BCUT2D eigenvalue weighted by Crippen LogP contribution is 2.15. The van der Waals surface area contributed by atoms with E-state index in [1.165, 1.54) is 0 Å². The van der Waals surface area contributed by atoms with Crippen molar-refractivity contribution in [1.82, 2.24) is 25.0 Å². The average Bonchev–Trinajstić information content (AvgIpc) is 2.96. The molecule has 2 rings (SSSR count). The van der Waals surface area contributed by atoms with E-state index in [0.29, 0.717) is 12.4 Å². The Labute approximate surface area is 136 Å². The number of aryl methyl sites for hydroxylation is 2. The van der Waals surface area contributed by atoms with Gasteiger partial charge in [-0.1, -0.05) is 29.8 Å². The average molecular weight is 317 g/mol. The third kappa shape index (κ3) is 4.79. The van der Waals surface area contributed by atoms with Gasteiger partial charge in [0.2, 0.25) is 0 Å². The van der Waals surface area contributed by atoms with Crippen LogP contribution in [0.15, 0.2) is 30.6 Å². The summed E-state index contributed by atoms with van der Waals surface area (Å²) in [5.41, 5.74) is 1.93. The highest BCUT2D eigenvalue weighted by Gasteiger charge is 2.17. The molecule has 2 amide bonds. The second-order valence-electron chi connectivity index (χ2n) is 5.46. The second-order valence-corrected chi connectivity index (χ2v) is 5.46. The number of urea groups is 1. The first kappa shape index (κ1) is 17.0. The van der Waals surface area contributed by atoms with Crippen LogP contribution >= 0.6 is 0 Å². The van der Waals surface area contributed by atoms with Crippen LogP contribution in [-0.4, -0.2) is 43.9 Å². The SMILES string of the molecule is CCN(CC(O)c1ccc(C)cc1)C(=O)NCc1ncn(C)n1. The molecular formula is C16H23N5O2. The minimum absolute atomic E-state index is 0.237. The van der Waals surface area contributed by atoms with Gasteiger partial charge in [0, 0.05) is 13.6 Å². The quantitative estimate of drug-likeness (QED) is 0.843. The van der Waals surface area contributed by atoms with E-state index in [4.69, 9.17) is 0 Å². The number of hydrogen-bond donors (Lipinski definition) is 2. The molecule has 7 heteroatoms. The lowest BCUT2D eigenvalue weighted by Crippen LogP contribution is -2.41. The van der Waals surface area contributed by atoms with E-state index in [1.807, 2.05) is 38.1 Å². The fraction of sp³-hybridized carbons (Fsp3) is 0.438. The van der Waals surface area contributed by atoms with Crippen LogP contribution in [-0.2, 0) is 13.6 Å². The standard InChI is InChI=1S/C16H23N5O2/c1-4-21(10-14(22)13-7-5-12(2)6-8-13)16(23)17-9-15-18-11-20(3)19-15/h5-8,11,14,22H,4,9-10H2,1-3H3,(H,17,23). The van der Waals surface area contributed by atoms with E-state index in [1.54, 1.807) is 23.0 Å². The number of carbonyl (C=O) groups excluding carboxylic acids is 1. The zero-order valence-electron chi connectivity index (χ0n) is 13.7. The van der Waals surface area contributed by atoms with Crippen molar-refractivity contribution in [2.45, 2.75) is 26.5 Å². The van der Waals surface area contributed by atoms with Gasteiger partial charge < -0.3 is 15.3 Å². The summed E-state index contributed by atoms with van der Waals surface area (Å²) in [6.45, 7) is 4.87. The van der Waals surface area contributed by atoms with E-state index < -0.39 is 6.10 Å². The lowest BCUT2D eigenvalue weighted by molar-refractivity contribution is 0.123. The number of nitrogens with zero attached hydrogens (tertiary/aromatic N) is 4. The Morgan fingerprint density at radius 3 is 2.65 bits per heavy atom. The highest BCUT2D eigenvalue weighted by molar-refractivity contribution is 5.74. The Morgan fingerprint density at radius 2 is 2.09 bits per heavy atom. The molecule has 1 heterocycles. The molecule has 0 aliphatic rings. The predicted molar refractivity (Wildman–Crippen MR) is 86.6 cm³/mol. The van der Waals surface area contributed by atoms with Gasteiger partial charge in [-0.15, -0.1) is 0 Å². The molecule has 0 radical (unpaired) electrons. The van der Waals surface area contributed by atoms with Crippen molar-refractivity contribution in [3.05, 3.63) is 47.5 Å². The maximum absolute atomic E-state index is 12.2. The van der Waals surface area contributed by atoms with E-state index in [2.05, 4.69) is 15.4 Å². The smallest absolute Gasteiger partial charge is 0.317 e. The molecule has 0 spiro atoms. The minimum Gasteiger partial charge on any atom is -0.387 e. The Kier molecular flexibility index (Phi) is 5.70. The summed E-state index contributed by atoms with van der Waals surface area (Å²) in [6.07, 6.45) is 0.870. The lowest BCUT2D eigenvalue weighted by Gasteiger charge is -2.24. The third-order valence-corrected chi connectivity index (χ3v) is 3.57. The maximum atomic E-state index is 12.2. The molecule has 1 unspecified atom stereocenters. The van der Waals surface area contributed by atoms with Gasteiger partial charge in [-0.2, -0.15) is 5.10 Å². The van der Waals surface area contributed by atoms with Gasteiger partial charge in [-0.3, -0.25) is 4.68 Å². The summed E-state index contributed by atoms with van der Waals surface area (Å²) in [4.78, 5) is 17.8. The maximum Gasteiger partial charge on any atom is 0.317 e. The van der Waals surface area contributed by atoms with Crippen molar-refractivity contribution in [3.63, 3.8) is 0 Å². The van der Waals surface area contributed by atoms with Gasteiger partial charge in [0.1, 0.15) is 6.33 Å². The molecular weight excluding hydrogens is 294 g/mol. The number of likely N-dealkylation sites (N-methyl/N-ethyl adjacent to an activating group) is 1. The van der Waals surface area contributed by atoms with Crippen LogP contribution in [0.1, 0.15) is 30.0 Å². The van der Waals surface area contributed by atoms with E-state index in [0.717, 1.165) is 11.1 Å². The van der Waals surface area contributed by atoms with Crippen LogP contribution in [0, 0.1) is 6.92 Å². The first-order valence-electron chi connectivity index (χ1n) is 7.61. The van der Waals surface area contributed by atoms with Crippen LogP contribution in [0.25, 0.3) is 0 Å². The number of carbonyl (C=O) groups is 1. The number of aliphatic hydroxyl groups excluding tert-OH is 1. The topological polar surface area (TPSA) is 83.3 Å². The molecule has 2 N–H and O–H groups in total. The molecule has 0 saturated heterocycles. The second kappa shape index (κ2) is 7.73. The Hall–Kier alpha value is -2.41. The molecule has 124 valence electrons. The van der Waals surface area contributed by atoms with E-state index in [9.17, 15) is 9.90 Å². The summed E-state index contributed by atoms with van der Waals surface area (Å²) in [6, 6.07) is 7.40. The highest BCUT2D eigenvalue weighted by atomic mass is 16.3. The number of aliphatic hydroxyl groups is 1. The molecule has 0 bridgehead atoms. The van der Waals surface area contributed by atoms with Crippen LogP contribution in [0.5, 0.6) is 0 Å². The molecule has 2 aromatic rings. The Morgan fingerprint density at radius 1 is 1.39 bits per heavy atom. The summed E-state index contributed by atoms with van der Waals surface area (Å²) in [5.74, 6) is 0.552. The summed E-state index contributed by atoms with van der Waals surface area (Å²) >= 11 is 0. The number of benzene rings is 1. The van der Waals surface area contributed by atoms with Crippen molar-refractivity contribution in [2.75, 3.05) is 13.1 Å². The molecule has 1 aromatic carbocycles. The molecule has 1 atom stereocenters. The molecule has 7 nitrogen and oxygen atoms in total. The van der Waals surface area contributed by atoms with Crippen molar-refractivity contribution < 1.29 is 9.90 Å². The van der Waals surface area contributed by atoms with E-state index in [-0.39, 0.29) is 19.1 Å². The molecule has 1 aromatic heterocycles. The monoisotopic (exact) mass is 317 g/mol. The van der Waals surface area contributed by atoms with Crippen LogP contribution in [0.3, 0.4) is 0 Å². The Balaban J connectivity index is 1.90. The largest absolute Gasteiger partial charge is 0.387 e. The molecule has 0 saturated carbocycles. The minimum atomic E-state index is -0.714. The van der Waals surface area contributed by atoms with Gasteiger partial charge >= 0.3 is 6.03 Å². The van der Waals surface area contributed by atoms with Crippen LogP contribution < -0.4 is 5.32 Å². The number of rotatable bonds is 6. The van der Waals surface area contributed by atoms with Gasteiger partial charge in [0.25, 0.3) is 0 Å². The number of nitrogens with one attached hydrogen (secondary N) is 1. The van der Waals surface area contributed by atoms with Crippen molar-refractivity contribution in [1.29, 1.82) is 0 Å². The molecule has 23 heavy (non-hydrogen) atoms. The lowest BCUT2D eigenvalue weighted by atomic mass is 10.1. The first-order valence-corrected chi connectivity index (χ1v) is 7.61.